The van der Waals surface area contributed by atoms with E-state index in [4.69, 9.17) is 14.6 Å². The third-order valence-corrected chi connectivity index (χ3v) is 5.37. The fraction of sp³-hybridized carbons (Fsp3) is 0.174. The van der Waals surface area contributed by atoms with E-state index in [-0.39, 0.29) is 17.6 Å². The zero-order chi connectivity index (χ0) is 20.0. The molecule has 0 fully saturated rings. The number of nitrogens with zero attached hydrogens (tertiary/aromatic N) is 2. The summed E-state index contributed by atoms with van der Waals surface area (Å²) in [6, 6.07) is 19.1. The average molecular weight is 390 g/mol. The Hall–Kier alpha value is -3.54. The van der Waals surface area contributed by atoms with E-state index < -0.39 is 6.23 Å². The van der Waals surface area contributed by atoms with Gasteiger partial charge in [-0.25, -0.2) is 9.40 Å². The largest absolute Gasteiger partial charge is 0.507 e. The molecule has 0 spiro atoms. The van der Waals surface area contributed by atoms with Crippen molar-refractivity contribution in [2.24, 2.45) is 5.10 Å². The zero-order valence-corrected chi connectivity index (χ0v) is 15.7. The van der Waals surface area contributed by atoms with Crippen LogP contribution in [0.2, 0.25) is 0 Å². The first-order valence-corrected chi connectivity index (χ1v) is 9.39. The lowest BCUT2D eigenvalue weighted by Gasteiger charge is -2.38. The molecule has 3 aromatic rings. The molecular formula is C23H19FN2O3. The number of hydrogen-bond acceptors (Lipinski definition) is 5. The highest BCUT2D eigenvalue weighted by Crippen LogP contribution is 2.50. The molecule has 0 saturated heterocycles. The van der Waals surface area contributed by atoms with Gasteiger partial charge in [0.25, 0.3) is 0 Å². The van der Waals surface area contributed by atoms with E-state index in [1.807, 2.05) is 35.3 Å². The van der Waals surface area contributed by atoms with Gasteiger partial charge in [0.2, 0.25) is 6.23 Å². The van der Waals surface area contributed by atoms with Crippen molar-refractivity contribution in [3.8, 4) is 17.2 Å². The van der Waals surface area contributed by atoms with Crippen LogP contribution in [0.1, 0.15) is 35.4 Å². The maximum atomic E-state index is 13.5. The van der Waals surface area contributed by atoms with Crippen LogP contribution in [-0.4, -0.2) is 22.9 Å². The van der Waals surface area contributed by atoms with E-state index >= 15 is 0 Å². The summed E-state index contributed by atoms with van der Waals surface area (Å²) >= 11 is 0. The van der Waals surface area contributed by atoms with Gasteiger partial charge in [0.15, 0.2) is 11.5 Å². The highest BCUT2D eigenvalue weighted by atomic mass is 19.1. The second-order valence-electron chi connectivity index (χ2n) is 7.06. The van der Waals surface area contributed by atoms with Gasteiger partial charge >= 0.3 is 0 Å². The van der Waals surface area contributed by atoms with Crippen LogP contribution in [-0.2, 0) is 0 Å². The Morgan fingerprint density at radius 2 is 1.86 bits per heavy atom. The van der Waals surface area contributed by atoms with Gasteiger partial charge in [0.1, 0.15) is 11.6 Å². The molecule has 29 heavy (non-hydrogen) atoms. The molecule has 0 aromatic heterocycles. The maximum absolute atomic E-state index is 13.5. The Labute approximate surface area is 167 Å². The smallest absolute Gasteiger partial charge is 0.214 e. The van der Waals surface area contributed by atoms with Crippen LogP contribution < -0.4 is 9.47 Å². The number of hydrogen-bond donors (Lipinski definition) is 1. The summed E-state index contributed by atoms with van der Waals surface area (Å²) in [5.41, 5.74) is 3.23. The number of methoxy groups -OCH3 is 1. The number of phenols is 1. The summed E-state index contributed by atoms with van der Waals surface area (Å²) < 4.78 is 25.3. The van der Waals surface area contributed by atoms with Gasteiger partial charge in [-0.3, -0.25) is 0 Å². The van der Waals surface area contributed by atoms with Crippen LogP contribution in [0.4, 0.5) is 4.39 Å². The number of halogens is 1. The Morgan fingerprint density at radius 3 is 2.62 bits per heavy atom. The standard InChI is InChI=1S/C23H19FN2O3/c1-28-21-8-4-6-17-19-13-18(16-5-2-3-7-20(16)27)25-26(19)23(29-22(17)21)14-9-11-15(24)12-10-14/h2-12,19,23,27H,13H2,1H3/t19-,23+/m1/s1. The van der Waals surface area contributed by atoms with Gasteiger partial charge in [0.05, 0.1) is 18.9 Å². The number of rotatable bonds is 3. The topological polar surface area (TPSA) is 54.3 Å². The SMILES string of the molecule is COc1cccc2c1O[C@@H](c1ccc(F)cc1)N1N=C(c3ccccc3O)C[C@H]21. The molecule has 6 heteroatoms. The normalized spacial score (nSPS) is 19.8. The lowest BCUT2D eigenvalue weighted by Crippen LogP contribution is -2.33. The van der Waals surface area contributed by atoms with E-state index in [1.165, 1.54) is 12.1 Å². The molecule has 5 nitrogen and oxygen atoms in total. The first-order chi connectivity index (χ1) is 14.2. The summed E-state index contributed by atoms with van der Waals surface area (Å²) in [4.78, 5) is 0. The van der Waals surface area contributed by atoms with E-state index in [0.717, 1.165) is 16.8 Å². The predicted octanol–water partition coefficient (Wildman–Crippen LogP) is 4.78. The van der Waals surface area contributed by atoms with E-state index in [1.54, 1.807) is 31.4 Å². The third kappa shape index (κ3) is 2.88. The first kappa shape index (κ1) is 17.6. The Kier molecular flexibility index (Phi) is 4.12. The molecule has 0 radical (unpaired) electrons. The lowest BCUT2D eigenvalue weighted by molar-refractivity contribution is -0.0209. The molecule has 5 rings (SSSR count). The Balaban J connectivity index is 1.63. The van der Waals surface area contributed by atoms with Gasteiger partial charge in [-0.05, 0) is 30.3 Å². The van der Waals surface area contributed by atoms with Crippen molar-refractivity contribution >= 4 is 5.71 Å². The highest BCUT2D eigenvalue weighted by Gasteiger charge is 2.42. The minimum atomic E-state index is -0.534. The van der Waals surface area contributed by atoms with E-state index in [0.29, 0.717) is 23.5 Å². The van der Waals surface area contributed by atoms with Gasteiger partial charge in [-0.1, -0.05) is 36.4 Å². The molecule has 0 bridgehead atoms. The molecule has 2 atom stereocenters. The highest BCUT2D eigenvalue weighted by molar-refractivity contribution is 6.04. The second-order valence-corrected chi connectivity index (χ2v) is 7.06. The number of ether oxygens (including phenoxy) is 2. The Bertz CT molecular complexity index is 1100. The third-order valence-electron chi connectivity index (χ3n) is 5.37. The summed E-state index contributed by atoms with van der Waals surface area (Å²) in [7, 11) is 1.61. The summed E-state index contributed by atoms with van der Waals surface area (Å²) in [6.07, 6.45) is 0.0754. The number of aromatic hydroxyl groups is 1. The fourth-order valence-corrected chi connectivity index (χ4v) is 3.97. The minimum Gasteiger partial charge on any atom is -0.507 e. The molecule has 2 aliphatic heterocycles. The monoisotopic (exact) mass is 390 g/mol. The summed E-state index contributed by atoms with van der Waals surface area (Å²) in [5, 5.41) is 17.0. The van der Waals surface area contributed by atoms with Crippen LogP contribution in [0.15, 0.2) is 71.8 Å². The van der Waals surface area contributed by atoms with Gasteiger partial charge in [0, 0.05) is 23.1 Å². The van der Waals surface area contributed by atoms with Crippen LogP contribution >= 0.6 is 0 Å². The number of para-hydroxylation sites is 2. The zero-order valence-electron chi connectivity index (χ0n) is 15.7. The maximum Gasteiger partial charge on any atom is 0.214 e. The molecule has 2 aliphatic rings. The summed E-state index contributed by atoms with van der Waals surface area (Å²) in [5.74, 6) is 1.19. The van der Waals surface area contributed by atoms with Crippen LogP contribution in [0.3, 0.4) is 0 Å². The molecule has 146 valence electrons. The first-order valence-electron chi connectivity index (χ1n) is 9.39. The van der Waals surface area contributed by atoms with Crippen LogP contribution in [0.25, 0.3) is 0 Å². The van der Waals surface area contributed by atoms with Gasteiger partial charge in [-0.15, -0.1) is 0 Å². The molecule has 0 amide bonds. The second kappa shape index (κ2) is 6.81. The van der Waals surface area contributed by atoms with Crippen molar-refractivity contribution in [2.75, 3.05) is 7.11 Å². The number of fused-ring (bicyclic) bond motifs is 3. The van der Waals surface area contributed by atoms with Gasteiger partial charge in [-0.2, -0.15) is 5.10 Å². The van der Waals surface area contributed by atoms with Crippen LogP contribution in [0.5, 0.6) is 17.2 Å². The lowest BCUT2D eigenvalue weighted by atomic mass is 9.95. The van der Waals surface area contributed by atoms with Crippen LogP contribution in [0, 0.1) is 5.82 Å². The quantitative estimate of drug-likeness (QED) is 0.699. The molecule has 3 aromatic carbocycles. The van der Waals surface area contributed by atoms with Crippen molar-refractivity contribution in [3.05, 3.63) is 89.2 Å². The van der Waals surface area contributed by atoms with Crippen molar-refractivity contribution in [1.82, 2.24) is 5.01 Å². The average Bonchev–Trinajstić information content (AvgIpc) is 3.19. The predicted molar refractivity (Wildman–Crippen MR) is 107 cm³/mol. The molecule has 0 saturated carbocycles. The fourth-order valence-electron chi connectivity index (χ4n) is 3.97. The minimum absolute atomic E-state index is 0.0847. The van der Waals surface area contributed by atoms with E-state index in [9.17, 15) is 9.50 Å². The molecular weight excluding hydrogens is 371 g/mol. The molecule has 0 unspecified atom stereocenters. The summed E-state index contributed by atoms with van der Waals surface area (Å²) in [6.45, 7) is 0. The number of benzene rings is 3. The number of phenolic OH excluding ortho intramolecular Hbond substituents is 1. The van der Waals surface area contributed by atoms with Gasteiger partial charge < -0.3 is 14.6 Å². The number of hydrazone groups is 1. The molecule has 0 aliphatic carbocycles. The molecule has 2 heterocycles. The van der Waals surface area contributed by atoms with Crippen molar-refractivity contribution < 1.29 is 19.0 Å². The van der Waals surface area contributed by atoms with Crippen molar-refractivity contribution in [1.29, 1.82) is 0 Å². The molecule has 1 N–H and O–H groups in total. The van der Waals surface area contributed by atoms with Crippen molar-refractivity contribution in [2.45, 2.75) is 18.7 Å². The Morgan fingerprint density at radius 1 is 1.07 bits per heavy atom. The van der Waals surface area contributed by atoms with E-state index in [2.05, 4.69) is 0 Å². The van der Waals surface area contributed by atoms with Crippen molar-refractivity contribution in [3.63, 3.8) is 0 Å².